The van der Waals surface area contributed by atoms with Gasteiger partial charge in [0.15, 0.2) is 10.9 Å². The highest BCUT2D eigenvalue weighted by atomic mass is 16.4. The lowest BCUT2D eigenvalue weighted by molar-refractivity contribution is 0.0701. The second-order valence-corrected chi connectivity index (χ2v) is 7.67. The van der Waals surface area contributed by atoms with Gasteiger partial charge in [-0.3, -0.25) is 9.59 Å². The summed E-state index contributed by atoms with van der Waals surface area (Å²) in [4.78, 5) is 39.5. The maximum Gasteiger partial charge on any atom is 0.337 e. The highest BCUT2D eigenvalue weighted by Gasteiger charge is 2.29. The fraction of sp³-hybridized carbons (Fsp3) is 0. The summed E-state index contributed by atoms with van der Waals surface area (Å²) in [6, 6.07) is 23.5. The van der Waals surface area contributed by atoms with Crippen molar-refractivity contribution in [2.75, 3.05) is 0 Å². The number of carboxylic acids is 1. The summed E-state index contributed by atoms with van der Waals surface area (Å²) < 4.78 is 0. The molecule has 0 saturated heterocycles. The van der Waals surface area contributed by atoms with Gasteiger partial charge in [-0.2, -0.15) is 0 Å². The lowest BCUT2D eigenvalue weighted by Gasteiger charge is -2.11. The monoisotopic (exact) mass is 402 g/mol. The molecule has 31 heavy (non-hydrogen) atoms. The van der Waals surface area contributed by atoms with Crippen LogP contribution in [0.3, 0.4) is 0 Å². The fourth-order valence-corrected chi connectivity index (χ4v) is 4.92. The van der Waals surface area contributed by atoms with Gasteiger partial charge in [0.1, 0.15) is 0 Å². The summed E-state index contributed by atoms with van der Waals surface area (Å²) in [5, 5.41) is 13.7. The molecule has 6 rings (SSSR count). The van der Waals surface area contributed by atoms with Crippen LogP contribution in [0.2, 0.25) is 0 Å². The number of hydrogen-bond acceptors (Lipinski definition) is 3. The van der Waals surface area contributed by atoms with Crippen molar-refractivity contribution in [1.29, 1.82) is 0 Å². The Labute approximate surface area is 175 Å². The molecule has 0 aliphatic heterocycles. The van der Waals surface area contributed by atoms with Gasteiger partial charge in [0, 0.05) is 37.9 Å². The molecule has 0 aromatic heterocycles. The molecule has 6 aromatic rings. The Morgan fingerprint density at radius 3 is 1.61 bits per heavy atom. The third-order valence-corrected chi connectivity index (χ3v) is 6.11. The van der Waals surface area contributed by atoms with Crippen molar-refractivity contribution in [2.24, 2.45) is 0 Å². The average molecular weight is 402 g/mol. The van der Waals surface area contributed by atoms with Crippen LogP contribution in [-0.2, 0) is 0 Å². The van der Waals surface area contributed by atoms with E-state index in [0.717, 1.165) is 5.56 Å². The molecule has 0 aliphatic rings. The fourth-order valence-electron chi connectivity index (χ4n) is 4.92. The van der Waals surface area contributed by atoms with Crippen LogP contribution < -0.4 is 10.9 Å². The third-order valence-electron chi connectivity index (χ3n) is 6.11. The van der Waals surface area contributed by atoms with Gasteiger partial charge in [-0.25, -0.2) is 4.79 Å². The van der Waals surface area contributed by atoms with E-state index in [4.69, 9.17) is 0 Å². The Bertz CT molecular complexity index is 1780. The van der Waals surface area contributed by atoms with E-state index >= 15 is 0 Å². The molecule has 146 valence electrons. The minimum Gasteiger partial charge on any atom is -0.478 e. The molecule has 0 saturated carbocycles. The van der Waals surface area contributed by atoms with Crippen molar-refractivity contribution >= 4 is 49.1 Å². The lowest BCUT2D eigenvalue weighted by Crippen LogP contribution is -2.07. The number of fused-ring (bicyclic) bond motifs is 6. The largest absolute Gasteiger partial charge is 0.478 e. The SMILES string of the molecule is O=C(O)c1c2c(=O)c3ccccc3c2c(-c2ccccc2)c2c(=O)c3ccccc3c12. The van der Waals surface area contributed by atoms with Crippen LogP contribution in [0.5, 0.6) is 0 Å². The van der Waals surface area contributed by atoms with E-state index in [0.29, 0.717) is 43.3 Å². The molecule has 0 fully saturated rings. The summed E-state index contributed by atoms with van der Waals surface area (Å²) in [6.07, 6.45) is 0. The number of carbonyl (C=O) groups is 1. The highest BCUT2D eigenvalue weighted by Crippen LogP contribution is 2.43. The van der Waals surface area contributed by atoms with E-state index in [1.807, 2.05) is 42.5 Å². The summed E-state index contributed by atoms with van der Waals surface area (Å²) >= 11 is 0. The Morgan fingerprint density at radius 1 is 0.548 bits per heavy atom. The van der Waals surface area contributed by atoms with Crippen molar-refractivity contribution in [3.8, 4) is 11.1 Å². The summed E-state index contributed by atoms with van der Waals surface area (Å²) in [6.45, 7) is 0. The maximum atomic E-state index is 13.6. The molecule has 4 nitrogen and oxygen atoms in total. The van der Waals surface area contributed by atoms with Crippen molar-refractivity contribution in [3.63, 3.8) is 0 Å². The van der Waals surface area contributed by atoms with Crippen LogP contribution in [0.4, 0.5) is 0 Å². The normalized spacial score (nSPS) is 11.7. The Hall–Kier alpha value is -4.31. The molecular formula is C27H14O4. The zero-order valence-electron chi connectivity index (χ0n) is 16.2. The van der Waals surface area contributed by atoms with Crippen LogP contribution in [0, 0.1) is 0 Å². The Balaban J connectivity index is 2.10. The molecule has 0 atom stereocenters. The molecule has 0 aliphatic carbocycles. The van der Waals surface area contributed by atoms with Gasteiger partial charge in [-0.1, -0.05) is 78.9 Å². The van der Waals surface area contributed by atoms with Gasteiger partial charge in [-0.05, 0) is 16.3 Å². The van der Waals surface area contributed by atoms with E-state index in [2.05, 4.69) is 0 Å². The van der Waals surface area contributed by atoms with E-state index in [1.165, 1.54) is 0 Å². The average Bonchev–Trinajstić information content (AvgIpc) is 3.26. The van der Waals surface area contributed by atoms with Gasteiger partial charge >= 0.3 is 5.97 Å². The number of benzene rings is 4. The molecule has 0 amide bonds. The molecule has 0 heterocycles. The van der Waals surface area contributed by atoms with Gasteiger partial charge in [-0.15, -0.1) is 0 Å². The van der Waals surface area contributed by atoms with Crippen LogP contribution in [0.1, 0.15) is 10.4 Å². The molecule has 0 spiro atoms. The standard InChI is InChI=1S/C27H14O4/c28-25-18-13-7-5-11-16(18)21-22(25)19(14-8-2-1-3-9-14)20-15-10-4-6-12-17(15)26(29)23(20)24(21)27(30)31/h1-13H,(H,30,31). The predicted molar refractivity (Wildman–Crippen MR) is 124 cm³/mol. The quantitative estimate of drug-likeness (QED) is 0.429. The number of carboxylic acid groups (broad SMARTS) is 1. The zero-order valence-corrected chi connectivity index (χ0v) is 16.2. The van der Waals surface area contributed by atoms with E-state index < -0.39 is 5.97 Å². The first kappa shape index (κ1) is 17.5. The summed E-state index contributed by atoms with van der Waals surface area (Å²) in [7, 11) is 0. The first-order valence-electron chi connectivity index (χ1n) is 9.90. The van der Waals surface area contributed by atoms with Gasteiger partial charge in [0.05, 0.1) is 5.56 Å². The van der Waals surface area contributed by atoms with E-state index in [9.17, 15) is 19.5 Å². The van der Waals surface area contributed by atoms with Crippen LogP contribution >= 0.6 is 0 Å². The van der Waals surface area contributed by atoms with Gasteiger partial charge < -0.3 is 5.11 Å². The first-order chi connectivity index (χ1) is 15.1. The minimum absolute atomic E-state index is 0.0934. The first-order valence-corrected chi connectivity index (χ1v) is 9.90. The lowest BCUT2D eigenvalue weighted by atomic mass is 9.91. The van der Waals surface area contributed by atoms with E-state index in [-0.39, 0.29) is 21.8 Å². The summed E-state index contributed by atoms with van der Waals surface area (Å²) in [5.41, 5.74) is 0.767. The molecule has 0 bridgehead atoms. The predicted octanol–water partition coefficient (Wildman–Crippen LogP) is 5.26. The molecule has 0 radical (unpaired) electrons. The highest BCUT2D eigenvalue weighted by molar-refractivity contribution is 6.35. The smallest absolute Gasteiger partial charge is 0.337 e. The van der Waals surface area contributed by atoms with Crippen LogP contribution in [-0.4, -0.2) is 11.1 Å². The Morgan fingerprint density at radius 2 is 1.03 bits per heavy atom. The van der Waals surface area contributed by atoms with Crippen molar-refractivity contribution in [1.82, 2.24) is 0 Å². The van der Waals surface area contributed by atoms with Crippen molar-refractivity contribution < 1.29 is 9.90 Å². The molecular weight excluding hydrogens is 388 g/mol. The van der Waals surface area contributed by atoms with Crippen molar-refractivity contribution in [3.05, 3.63) is 105 Å². The van der Waals surface area contributed by atoms with Crippen LogP contribution in [0.15, 0.2) is 88.5 Å². The second kappa shape index (κ2) is 6.09. The molecule has 1 N–H and O–H groups in total. The molecule has 6 aromatic carbocycles. The maximum absolute atomic E-state index is 13.6. The third kappa shape index (κ3) is 2.16. The van der Waals surface area contributed by atoms with Gasteiger partial charge in [0.25, 0.3) is 0 Å². The Kier molecular flexibility index (Phi) is 3.45. The number of rotatable bonds is 2. The number of aromatic carboxylic acids is 1. The van der Waals surface area contributed by atoms with E-state index in [1.54, 1.807) is 36.4 Å². The molecule has 0 unspecified atom stereocenters. The number of hydrogen-bond donors (Lipinski definition) is 1. The second-order valence-electron chi connectivity index (χ2n) is 7.67. The minimum atomic E-state index is -1.21. The van der Waals surface area contributed by atoms with Crippen LogP contribution in [0.25, 0.3) is 54.2 Å². The zero-order chi connectivity index (χ0) is 21.3. The summed E-state index contributed by atoms with van der Waals surface area (Å²) in [5.74, 6) is -1.21. The topological polar surface area (TPSA) is 71.4 Å². The molecule has 4 heteroatoms. The van der Waals surface area contributed by atoms with Gasteiger partial charge in [0.2, 0.25) is 0 Å². The van der Waals surface area contributed by atoms with Crippen molar-refractivity contribution in [2.45, 2.75) is 0 Å².